The van der Waals surface area contributed by atoms with Crippen LogP contribution in [0.15, 0.2) is 24.3 Å². The minimum Gasteiger partial charge on any atom is -0.335 e. The first-order valence-corrected chi connectivity index (χ1v) is 16.5. The molecule has 1 saturated carbocycles. The molecular weight excluding hydrogens is 557 g/mol. The monoisotopic (exact) mass is 607 g/mol. The van der Waals surface area contributed by atoms with Crippen LogP contribution >= 0.6 is 24.0 Å². The molecule has 3 heterocycles. The lowest BCUT2D eigenvalue weighted by atomic mass is 9.89. The minimum absolute atomic E-state index is 0. The summed E-state index contributed by atoms with van der Waals surface area (Å²) in [7, 11) is 0. The van der Waals surface area contributed by atoms with E-state index in [1.54, 1.807) is 0 Å². The molecule has 3 aliphatic heterocycles. The van der Waals surface area contributed by atoms with Gasteiger partial charge in [0.15, 0.2) is 0 Å². The lowest BCUT2D eigenvalue weighted by molar-refractivity contribution is -0.139. The molecule has 7 nitrogen and oxygen atoms in total. The second-order valence-corrected chi connectivity index (χ2v) is 12.9. The standard InChI is InChI=1S/C32H50ClN5O2.ClH/c1-3-36(4-2)32(40)38(26-8-6-5-7-9-26)29-21-27-14-15-28(22-29)37(27)31(39)30(35-25-16-18-34-19-17-25)20-23-10-12-24(33)13-11-23;/h10-13,25-30,34-35H,3-9,14-22H2,1-2H3;1H/t27?,28?,29?,30-;/m1./s1. The normalized spacial score (nSPS) is 25.8. The van der Waals surface area contributed by atoms with E-state index in [0.29, 0.717) is 18.5 Å². The molecule has 4 fully saturated rings. The predicted octanol–water partition coefficient (Wildman–Crippen LogP) is 5.63. The van der Waals surface area contributed by atoms with Gasteiger partial charge in [-0.3, -0.25) is 4.79 Å². The van der Waals surface area contributed by atoms with Crippen molar-refractivity contribution in [1.29, 1.82) is 0 Å². The number of carbonyl (C=O) groups is 2. The number of urea groups is 1. The summed E-state index contributed by atoms with van der Waals surface area (Å²) in [5, 5.41) is 7.95. The Balaban J connectivity index is 0.00000387. The van der Waals surface area contributed by atoms with Crippen LogP contribution in [0.4, 0.5) is 4.79 Å². The van der Waals surface area contributed by atoms with Crippen LogP contribution in [-0.2, 0) is 11.2 Å². The fourth-order valence-corrected chi connectivity index (χ4v) is 8.02. The number of nitrogens with zero attached hydrogens (tertiary/aromatic N) is 3. The third-order valence-electron chi connectivity index (χ3n) is 10.0. The number of fused-ring (bicyclic) bond motifs is 2. The van der Waals surface area contributed by atoms with Crippen molar-refractivity contribution in [2.45, 2.75) is 127 Å². The zero-order valence-corrected chi connectivity index (χ0v) is 26.6. The number of rotatable bonds is 9. The van der Waals surface area contributed by atoms with Crippen LogP contribution in [-0.4, -0.2) is 89.1 Å². The van der Waals surface area contributed by atoms with Gasteiger partial charge in [-0.25, -0.2) is 4.79 Å². The van der Waals surface area contributed by atoms with E-state index in [9.17, 15) is 9.59 Å². The Morgan fingerprint density at radius 3 is 2.12 bits per heavy atom. The highest BCUT2D eigenvalue weighted by Gasteiger charge is 2.48. The molecule has 1 aromatic rings. The molecule has 3 atom stereocenters. The van der Waals surface area contributed by atoms with Gasteiger partial charge in [0.2, 0.25) is 5.91 Å². The molecule has 1 aliphatic carbocycles. The van der Waals surface area contributed by atoms with Crippen LogP contribution in [0.2, 0.25) is 5.02 Å². The molecule has 1 aromatic carbocycles. The van der Waals surface area contributed by atoms with Gasteiger partial charge in [-0.05, 0) is 102 Å². The summed E-state index contributed by atoms with van der Waals surface area (Å²) in [6, 6.07) is 9.27. The van der Waals surface area contributed by atoms with Gasteiger partial charge in [0.25, 0.3) is 0 Å². The Labute approximate surface area is 258 Å². The van der Waals surface area contributed by atoms with Gasteiger partial charge < -0.3 is 25.3 Å². The van der Waals surface area contributed by atoms with Crippen LogP contribution < -0.4 is 10.6 Å². The van der Waals surface area contributed by atoms with Crippen LogP contribution in [0.1, 0.15) is 90.0 Å². The molecule has 0 aromatic heterocycles. The van der Waals surface area contributed by atoms with Gasteiger partial charge in [0.1, 0.15) is 0 Å². The zero-order chi connectivity index (χ0) is 28.1. The predicted molar refractivity (Wildman–Crippen MR) is 169 cm³/mol. The maximum absolute atomic E-state index is 14.4. The van der Waals surface area contributed by atoms with E-state index in [1.165, 1.54) is 19.3 Å². The maximum atomic E-state index is 14.4. The zero-order valence-electron chi connectivity index (χ0n) is 25.0. The number of carbonyl (C=O) groups excluding carboxylic acids is 2. The summed E-state index contributed by atoms with van der Waals surface area (Å²) in [4.78, 5) is 34.7. The molecule has 0 spiro atoms. The van der Waals surface area contributed by atoms with Gasteiger partial charge in [0, 0.05) is 48.3 Å². The first kappa shape index (κ1) is 32.4. The van der Waals surface area contributed by atoms with Gasteiger partial charge in [-0.15, -0.1) is 12.4 Å². The van der Waals surface area contributed by atoms with E-state index in [0.717, 1.165) is 88.1 Å². The summed E-state index contributed by atoms with van der Waals surface area (Å²) >= 11 is 6.16. The number of halogens is 2. The maximum Gasteiger partial charge on any atom is 0.320 e. The fraction of sp³-hybridized carbons (Fsp3) is 0.750. The molecule has 3 amide bonds. The molecule has 5 rings (SSSR count). The van der Waals surface area contributed by atoms with Crippen molar-refractivity contribution in [3.05, 3.63) is 34.9 Å². The molecule has 2 N–H and O–H groups in total. The summed E-state index contributed by atoms with van der Waals surface area (Å²) < 4.78 is 0. The molecule has 0 radical (unpaired) electrons. The molecule has 9 heteroatoms. The van der Waals surface area contributed by atoms with Crippen molar-refractivity contribution in [2.24, 2.45) is 0 Å². The second kappa shape index (κ2) is 15.3. The number of amides is 3. The van der Waals surface area contributed by atoms with E-state index < -0.39 is 0 Å². The SMILES string of the molecule is CCN(CC)C(=O)N(C1CCCCC1)C1CC2CCC(C1)N2C(=O)[C@@H](Cc1ccc(Cl)cc1)NC1CCNCC1.Cl. The molecule has 230 valence electrons. The lowest BCUT2D eigenvalue weighted by Crippen LogP contribution is -2.61. The van der Waals surface area contributed by atoms with Crippen molar-refractivity contribution in [3.63, 3.8) is 0 Å². The van der Waals surface area contributed by atoms with Gasteiger partial charge in [-0.1, -0.05) is 43.0 Å². The number of hydrogen-bond acceptors (Lipinski definition) is 4. The van der Waals surface area contributed by atoms with E-state index in [-0.39, 0.29) is 48.5 Å². The number of hydrogen-bond donors (Lipinski definition) is 2. The third-order valence-corrected chi connectivity index (χ3v) is 10.3. The summed E-state index contributed by atoms with van der Waals surface area (Å²) in [5.74, 6) is 0.249. The molecule has 2 unspecified atom stereocenters. The highest BCUT2D eigenvalue weighted by molar-refractivity contribution is 6.30. The number of nitrogens with one attached hydrogen (secondary N) is 2. The van der Waals surface area contributed by atoms with Crippen molar-refractivity contribution in [3.8, 4) is 0 Å². The van der Waals surface area contributed by atoms with Crippen molar-refractivity contribution in [1.82, 2.24) is 25.3 Å². The average molecular weight is 609 g/mol. The van der Waals surface area contributed by atoms with Gasteiger partial charge in [0.05, 0.1) is 6.04 Å². The van der Waals surface area contributed by atoms with E-state index >= 15 is 0 Å². The van der Waals surface area contributed by atoms with E-state index in [1.807, 2.05) is 17.0 Å². The Bertz CT molecular complexity index is 965. The number of piperidine rings is 2. The smallest absolute Gasteiger partial charge is 0.320 e. The van der Waals surface area contributed by atoms with Gasteiger partial charge in [-0.2, -0.15) is 0 Å². The first-order chi connectivity index (χ1) is 19.5. The van der Waals surface area contributed by atoms with Gasteiger partial charge >= 0.3 is 6.03 Å². The van der Waals surface area contributed by atoms with E-state index in [4.69, 9.17) is 11.6 Å². The van der Waals surface area contributed by atoms with Crippen molar-refractivity contribution in [2.75, 3.05) is 26.2 Å². The lowest BCUT2D eigenvalue weighted by Gasteiger charge is -2.48. The van der Waals surface area contributed by atoms with Crippen LogP contribution in [0.25, 0.3) is 0 Å². The third kappa shape index (κ3) is 7.70. The van der Waals surface area contributed by atoms with E-state index in [2.05, 4.69) is 46.4 Å². The molecule has 41 heavy (non-hydrogen) atoms. The second-order valence-electron chi connectivity index (χ2n) is 12.5. The molecular formula is C32H51Cl2N5O2. The fourth-order valence-electron chi connectivity index (χ4n) is 7.89. The van der Waals surface area contributed by atoms with Crippen molar-refractivity contribution >= 4 is 35.9 Å². The van der Waals surface area contributed by atoms with Crippen LogP contribution in [0.5, 0.6) is 0 Å². The molecule has 2 bridgehead atoms. The van der Waals surface area contributed by atoms with Crippen LogP contribution in [0, 0.1) is 0 Å². The largest absolute Gasteiger partial charge is 0.335 e. The highest BCUT2D eigenvalue weighted by atomic mass is 35.5. The molecule has 3 saturated heterocycles. The Morgan fingerprint density at radius 1 is 0.927 bits per heavy atom. The first-order valence-electron chi connectivity index (χ1n) is 16.1. The summed E-state index contributed by atoms with van der Waals surface area (Å²) in [5.41, 5.74) is 1.14. The Morgan fingerprint density at radius 2 is 1.54 bits per heavy atom. The highest BCUT2D eigenvalue weighted by Crippen LogP contribution is 2.40. The average Bonchev–Trinajstić information content (AvgIpc) is 3.24. The minimum atomic E-state index is -0.240. The summed E-state index contributed by atoms with van der Waals surface area (Å²) in [6.07, 6.45) is 12.6. The Kier molecular flexibility index (Phi) is 12.1. The van der Waals surface area contributed by atoms with Crippen LogP contribution in [0.3, 0.4) is 0 Å². The quantitative estimate of drug-likeness (QED) is 0.381. The van der Waals surface area contributed by atoms with Crippen molar-refractivity contribution < 1.29 is 9.59 Å². The molecule has 4 aliphatic rings. The Hall–Kier alpha value is -1.54. The summed E-state index contributed by atoms with van der Waals surface area (Å²) in [6.45, 7) is 7.65. The topological polar surface area (TPSA) is 67.9 Å². The number of benzene rings is 1.